The Balaban J connectivity index is 2.01. The molecule has 0 fully saturated rings. The first kappa shape index (κ1) is 14.3. The summed E-state index contributed by atoms with van der Waals surface area (Å²) >= 11 is 0. The third-order valence-electron chi connectivity index (χ3n) is 3.52. The Morgan fingerprint density at radius 2 is 1.90 bits per heavy atom. The SMILES string of the molecule is CCN(CC)c1ccc(N=NC2NC=[N+](C)N2C)cc1. The normalized spacial score (nSPS) is 18.3. The van der Waals surface area contributed by atoms with Crippen LogP contribution in [0.5, 0.6) is 0 Å². The summed E-state index contributed by atoms with van der Waals surface area (Å²) in [6.45, 7) is 6.34. The number of hydrazine groups is 1. The number of benzene rings is 1. The number of nitrogens with zero attached hydrogens (tertiary/aromatic N) is 5. The third kappa shape index (κ3) is 3.07. The Bertz CT molecular complexity index is 489. The average molecular weight is 275 g/mol. The lowest BCUT2D eigenvalue weighted by molar-refractivity contribution is -0.656. The van der Waals surface area contributed by atoms with Crippen molar-refractivity contribution in [3.63, 3.8) is 0 Å². The first-order chi connectivity index (χ1) is 9.65. The molecular weight excluding hydrogens is 252 g/mol. The number of nitrogens with one attached hydrogen (secondary N) is 1. The van der Waals surface area contributed by atoms with Crippen LogP contribution in [0.15, 0.2) is 34.5 Å². The van der Waals surface area contributed by atoms with Crippen LogP contribution in [0.3, 0.4) is 0 Å². The fraction of sp³-hybridized carbons (Fsp3) is 0.500. The average Bonchev–Trinajstić information content (AvgIpc) is 2.79. The molecule has 1 unspecified atom stereocenters. The molecule has 0 bridgehead atoms. The van der Waals surface area contributed by atoms with Gasteiger partial charge in [0.05, 0.1) is 5.69 Å². The van der Waals surface area contributed by atoms with E-state index >= 15 is 0 Å². The van der Waals surface area contributed by atoms with E-state index in [4.69, 9.17) is 0 Å². The van der Waals surface area contributed by atoms with Crippen molar-refractivity contribution in [3.8, 4) is 0 Å². The second kappa shape index (κ2) is 6.36. The Labute approximate surface area is 120 Å². The highest BCUT2D eigenvalue weighted by atomic mass is 15.7. The highest BCUT2D eigenvalue weighted by molar-refractivity contribution is 5.52. The van der Waals surface area contributed by atoms with Crippen LogP contribution in [0.25, 0.3) is 0 Å². The molecule has 1 atom stereocenters. The molecule has 0 saturated carbocycles. The van der Waals surface area contributed by atoms with Crippen molar-refractivity contribution in [1.82, 2.24) is 10.3 Å². The first-order valence-corrected chi connectivity index (χ1v) is 6.96. The van der Waals surface area contributed by atoms with Gasteiger partial charge in [-0.05, 0) is 38.1 Å². The zero-order valence-electron chi connectivity index (χ0n) is 12.6. The smallest absolute Gasteiger partial charge is 0.311 e. The van der Waals surface area contributed by atoms with Gasteiger partial charge in [0.2, 0.25) is 0 Å². The minimum atomic E-state index is -0.137. The van der Waals surface area contributed by atoms with Crippen LogP contribution < -0.4 is 10.2 Å². The number of hydrazone groups is 1. The number of anilines is 1. The molecule has 0 spiro atoms. The fourth-order valence-corrected chi connectivity index (χ4v) is 2.09. The van der Waals surface area contributed by atoms with Crippen molar-refractivity contribution in [3.05, 3.63) is 24.3 Å². The van der Waals surface area contributed by atoms with E-state index in [-0.39, 0.29) is 6.29 Å². The van der Waals surface area contributed by atoms with Crippen LogP contribution in [-0.2, 0) is 0 Å². The molecular formula is C14H23N6+. The lowest BCUT2D eigenvalue weighted by Gasteiger charge is -2.20. The van der Waals surface area contributed by atoms with Gasteiger partial charge in [0, 0.05) is 25.8 Å². The molecule has 0 saturated heterocycles. The number of rotatable bonds is 5. The van der Waals surface area contributed by atoms with E-state index in [0.29, 0.717) is 0 Å². The van der Waals surface area contributed by atoms with Gasteiger partial charge in [-0.25, -0.2) is 5.32 Å². The van der Waals surface area contributed by atoms with E-state index in [2.05, 4.69) is 46.4 Å². The molecule has 0 aliphatic carbocycles. The zero-order valence-corrected chi connectivity index (χ0v) is 12.6. The summed E-state index contributed by atoms with van der Waals surface area (Å²) in [5.74, 6) is 0. The van der Waals surface area contributed by atoms with Gasteiger partial charge in [0.15, 0.2) is 0 Å². The number of hydrogen-bond acceptors (Lipinski definition) is 5. The second-order valence-electron chi connectivity index (χ2n) is 4.72. The molecule has 0 radical (unpaired) electrons. The van der Waals surface area contributed by atoms with Gasteiger partial charge in [-0.1, -0.05) is 0 Å². The fourth-order valence-electron chi connectivity index (χ4n) is 2.09. The molecule has 1 heterocycles. The molecule has 0 amide bonds. The van der Waals surface area contributed by atoms with Crippen LogP contribution in [0.1, 0.15) is 13.8 Å². The molecule has 1 aliphatic rings. The van der Waals surface area contributed by atoms with E-state index in [1.807, 2.05) is 42.3 Å². The Morgan fingerprint density at radius 1 is 1.25 bits per heavy atom. The van der Waals surface area contributed by atoms with Crippen LogP contribution in [0, 0.1) is 0 Å². The zero-order chi connectivity index (χ0) is 14.5. The maximum atomic E-state index is 4.29. The standard InChI is InChI=1S/C14H22N6/c1-5-20(6-2)13-9-7-12(8-10-13)16-17-14-15-11-18(3)19(14)4/h7-11,14H,5-6H2,1-4H3/p+1. The van der Waals surface area contributed by atoms with Gasteiger partial charge < -0.3 is 4.90 Å². The summed E-state index contributed by atoms with van der Waals surface area (Å²) in [6.07, 6.45) is 1.73. The molecule has 6 heteroatoms. The van der Waals surface area contributed by atoms with E-state index in [1.165, 1.54) is 5.69 Å². The summed E-state index contributed by atoms with van der Waals surface area (Å²) in [6, 6.07) is 8.18. The maximum Gasteiger partial charge on any atom is 0.311 e. The summed E-state index contributed by atoms with van der Waals surface area (Å²) in [7, 11) is 3.92. The minimum Gasteiger partial charge on any atom is -0.372 e. The lowest BCUT2D eigenvalue weighted by Crippen LogP contribution is -2.35. The van der Waals surface area contributed by atoms with Crippen molar-refractivity contribution in [2.45, 2.75) is 20.1 Å². The second-order valence-corrected chi connectivity index (χ2v) is 4.72. The van der Waals surface area contributed by atoms with Crippen molar-refractivity contribution in [2.24, 2.45) is 10.2 Å². The van der Waals surface area contributed by atoms with Gasteiger partial charge >= 0.3 is 6.29 Å². The van der Waals surface area contributed by atoms with Crippen LogP contribution in [-0.4, -0.2) is 49.5 Å². The largest absolute Gasteiger partial charge is 0.372 e. The molecule has 1 aliphatic heterocycles. The Morgan fingerprint density at radius 3 is 2.40 bits per heavy atom. The number of azo groups is 1. The molecule has 108 valence electrons. The minimum absolute atomic E-state index is 0.137. The topological polar surface area (TPSA) is 46.2 Å². The lowest BCUT2D eigenvalue weighted by atomic mass is 10.2. The van der Waals surface area contributed by atoms with Crippen molar-refractivity contribution < 1.29 is 4.68 Å². The van der Waals surface area contributed by atoms with Gasteiger partial charge in [0.1, 0.15) is 7.05 Å². The predicted molar refractivity (Wildman–Crippen MR) is 81.5 cm³/mol. The van der Waals surface area contributed by atoms with Crippen molar-refractivity contribution in [2.75, 3.05) is 32.1 Å². The third-order valence-corrected chi connectivity index (χ3v) is 3.52. The van der Waals surface area contributed by atoms with Crippen molar-refractivity contribution >= 4 is 17.7 Å². The van der Waals surface area contributed by atoms with E-state index in [9.17, 15) is 0 Å². The molecule has 20 heavy (non-hydrogen) atoms. The van der Waals surface area contributed by atoms with Crippen molar-refractivity contribution in [1.29, 1.82) is 0 Å². The van der Waals surface area contributed by atoms with Gasteiger partial charge in [0.25, 0.3) is 6.34 Å². The monoisotopic (exact) mass is 275 g/mol. The van der Waals surface area contributed by atoms with Crippen LogP contribution >= 0.6 is 0 Å². The quantitative estimate of drug-likeness (QED) is 0.660. The number of hydrogen-bond donors (Lipinski definition) is 1. The predicted octanol–water partition coefficient (Wildman–Crippen LogP) is 2.02. The van der Waals surface area contributed by atoms with Gasteiger partial charge in [-0.2, -0.15) is 9.69 Å². The molecule has 2 rings (SSSR count). The summed E-state index contributed by atoms with van der Waals surface area (Å²) in [4.78, 5) is 2.30. The Kier molecular flexibility index (Phi) is 4.55. The van der Waals surface area contributed by atoms with E-state index < -0.39 is 0 Å². The summed E-state index contributed by atoms with van der Waals surface area (Å²) in [5.41, 5.74) is 2.09. The molecule has 1 N–H and O–H groups in total. The van der Waals surface area contributed by atoms with Crippen LogP contribution in [0.4, 0.5) is 11.4 Å². The highest BCUT2D eigenvalue weighted by Gasteiger charge is 2.25. The maximum absolute atomic E-state index is 4.29. The summed E-state index contributed by atoms with van der Waals surface area (Å²) in [5, 5.41) is 13.7. The molecule has 0 aromatic heterocycles. The van der Waals surface area contributed by atoms with E-state index in [0.717, 1.165) is 18.8 Å². The first-order valence-electron chi connectivity index (χ1n) is 6.96. The molecule has 1 aromatic carbocycles. The van der Waals surface area contributed by atoms with E-state index in [1.54, 1.807) is 0 Å². The van der Waals surface area contributed by atoms with Crippen LogP contribution in [0.2, 0.25) is 0 Å². The Hall–Kier alpha value is -2.11. The van der Waals surface area contributed by atoms with Gasteiger partial charge in [-0.15, -0.1) is 10.2 Å². The summed E-state index contributed by atoms with van der Waals surface area (Å²) < 4.78 is 1.94. The molecule has 1 aromatic rings. The molecule has 6 nitrogen and oxygen atoms in total. The van der Waals surface area contributed by atoms with Gasteiger partial charge in [-0.3, -0.25) is 0 Å². The highest BCUT2D eigenvalue weighted by Crippen LogP contribution is 2.20.